The van der Waals surface area contributed by atoms with E-state index in [0.717, 1.165) is 6.42 Å². The molecule has 0 radical (unpaired) electrons. The van der Waals surface area contributed by atoms with E-state index in [1.165, 1.54) is 0 Å². The van der Waals surface area contributed by atoms with Gasteiger partial charge in [0.15, 0.2) is 9.84 Å². The Labute approximate surface area is 109 Å². The lowest BCUT2D eigenvalue weighted by molar-refractivity contribution is 0.547. The lowest BCUT2D eigenvalue weighted by Gasteiger charge is -2.17. The Morgan fingerprint density at radius 1 is 1.06 bits per heavy atom. The molecule has 2 nitrogen and oxygen atoms in total. The summed E-state index contributed by atoms with van der Waals surface area (Å²) < 4.78 is 25.3. The average Bonchev–Trinajstić information content (AvgIpc) is 2.64. The van der Waals surface area contributed by atoms with E-state index >= 15 is 0 Å². The number of sulfone groups is 1. The van der Waals surface area contributed by atoms with Gasteiger partial charge in [0.25, 0.3) is 0 Å². The summed E-state index contributed by atoms with van der Waals surface area (Å²) in [6, 6.07) is 8.93. The van der Waals surface area contributed by atoms with Crippen molar-refractivity contribution in [3.63, 3.8) is 0 Å². The number of rotatable bonds is 2. The fourth-order valence-corrected chi connectivity index (χ4v) is 8.07. The van der Waals surface area contributed by atoms with Crippen LogP contribution in [0.15, 0.2) is 35.2 Å². The van der Waals surface area contributed by atoms with Gasteiger partial charge in [0.05, 0.1) is 10.1 Å². The standard InChI is InChI=1S/C13H13BrO2S/c14-12-9-6-8-10(12)11(8)13(9)17(15,16)7-4-2-1-3-5-7/h1-5,8-13H,6H2/t8-,9+,10?,11?,12+,13+/m1/s1. The van der Waals surface area contributed by atoms with Crippen molar-refractivity contribution in [2.24, 2.45) is 23.7 Å². The Morgan fingerprint density at radius 3 is 2.24 bits per heavy atom. The molecule has 5 rings (SSSR count). The minimum atomic E-state index is -3.12. The third-order valence-electron chi connectivity index (χ3n) is 4.84. The Bertz CT molecular complexity index is 568. The summed E-state index contributed by atoms with van der Waals surface area (Å²) in [5.41, 5.74) is 0. The predicted molar refractivity (Wildman–Crippen MR) is 68.7 cm³/mol. The van der Waals surface area contributed by atoms with E-state index < -0.39 is 9.84 Å². The third kappa shape index (κ3) is 1.18. The number of benzene rings is 1. The fraction of sp³-hybridized carbons (Fsp3) is 0.538. The van der Waals surface area contributed by atoms with Crippen LogP contribution in [0.3, 0.4) is 0 Å². The Morgan fingerprint density at radius 2 is 1.76 bits per heavy atom. The highest BCUT2D eigenvalue weighted by Crippen LogP contribution is 2.74. The number of halogens is 1. The largest absolute Gasteiger partial charge is 0.223 e. The van der Waals surface area contributed by atoms with Gasteiger partial charge in [0.1, 0.15) is 0 Å². The normalized spacial score (nSPS) is 46.2. The van der Waals surface area contributed by atoms with E-state index in [1.54, 1.807) is 12.1 Å². The molecular weight excluding hydrogens is 300 g/mol. The predicted octanol–water partition coefficient (Wildman–Crippen LogP) is 2.49. The van der Waals surface area contributed by atoms with Gasteiger partial charge in [-0.2, -0.15) is 0 Å². The molecular formula is C13H13BrO2S. The van der Waals surface area contributed by atoms with Crippen LogP contribution in [-0.4, -0.2) is 18.5 Å². The maximum absolute atomic E-state index is 12.6. The van der Waals surface area contributed by atoms with Gasteiger partial charge in [-0.1, -0.05) is 34.1 Å². The molecule has 0 amide bonds. The Balaban J connectivity index is 1.78. The summed E-state index contributed by atoms with van der Waals surface area (Å²) in [5, 5.41) is -0.121. The maximum atomic E-state index is 12.6. The molecule has 0 heterocycles. The summed E-state index contributed by atoms with van der Waals surface area (Å²) in [5.74, 6) is 2.12. The summed E-state index contributed by atoms with van der Waals surface area (Å²) in [6.45, 7) is 0. The van der Waals surface area contributed by atoms with Crippen LogP contribution in [0, 0.1) is 23.7 Å². The molecule has 1 aromatic rings. The summed E-state index contributed by atoms with van der Waals surface area (Å²) in [6.07, 6.45) is 1.11. The summed E-state index contributed by atoms with van der Waals surface area (Å²) >= 11 is 3.69. The van der Waals surface area contributed by atoms with Gasteiger partial charge in [0.2, 0.25) is 0 Å². The molecule has 4 aliphatic rings. The zero-order valence-electron chi connectivity index (χ0n) is 9.16. The Kier molecular flexibility index (Phi) is 1.96. The first-order valence-electron chi connectivity index (χ1n) is 6.05. The van der Waals surface area contributed by atoms with Crippen molar-refractivity contribution in [2.75, 3.05) is 0 Å². The molecule has 17 heavy (non-hydrogen) atoms. The van der Waals surface area contributed by atoms with Gasteiger partial charge in [-0.3, -0.25) is 0 Å². The van der Waals surface area contributed by atoms with Crippen molar-refractivity contribution >= 4 is 25.8 Å². The van der Waals surface area contributed by atoms with Crippen LogP contribution >= 0.6 is 15.9 Å². The van der Waals surface area contributed by atoms with Crippen molar-refractivity contribution in [3.8, 4) is 0 Å². The van der Waals surface area contributed by atoms with E-state index in [9.17, 15) is 8.42 Å². The quantitative estimate of drug-likeness (QED) is 0.786. The molecule has 0 N–H and O–H groups in total. The molecule has 4 bridgehead atoms. The molecule has 4 saturated carbocycles. The minimum absolute atomic E-state index is 0.121. The third-order valence-corrected chi connectivity index (χ3v) is 8.44. The van der Waals surface area contributed by atoms with E-state index in [1.807, 2.05) is 18.2 Å². The van der Waals surface area contributed by atoms with Crippen molar-refractivity contribution in [1.82, 2.24) is 0 Å². The number of hydrogen-bond donors (Lipinski definition) is 0. The minimum Gasteiger partial charge on any atom is -0.223 e. The molecule has 4 heteroatoms. The van der Waals surface area contributed by atoms with Crippen LogP contribution < -0.4 is 0 Å². The molecule has 4 fully saturated rings. The van der Waals surface area contributed by atoms with Gasteiger partial charge in [-0.15, -0.1) is 0 Å². The van der Waals surface area contributed by atoms with Gasteiger partial charge >= 0.3 is 0 Å². The highest BCUT2D eigenvalue weighted by Gasteiger charge is 2.75. The van der Waals surface area contributed by atoms with Gasteiger partial charge in [0, 0.05) is 4.83 Å². The molecule has 0 aromatic heterocycles. The van der Waals surface area contributed by atoms with Gasteiger partial charge < -0.3 is 0 Å². The van der Waals surface area contributed by atoms with E-state index in [2.05, 4.69) is 15.9 Å². The van der Waals surface area contributed by atoms with Crippen molar-refractivity contribution in [2.45, 2.75) is 21.4 Å². The zero-order chi connectivity index (χ0) is 11.8. The lowest BCUT2D eigenvalue weighted by atomic mass is 10.1. The van der Waals surface area contributed by atoms with Gasteiger partial charge in [-0.05, 0) is 42.2 Å². The molecule has 6 atom stereocenters. The topological polar surface area (TPSA) is 34.1 Å². The summed E-state index contributed by atoms with van der Waals surface area (Å²) in [4.78, 5) is 0.948. The molecule has 0 saturated heterocycles. The monoisotopic (exact) mass is 312 g/mol. The maximum Gasteiger partial charge on any atom is 0.181 e. The SMILES string of the molecule is O=S(=O)(c1ccccc1)[C@@H]1C2C3[C@H]2C[C@H]1[C@@H]3Br. The molecule has 4 aliphatic carbocycles. The number of hydrogen-bond acceptors (Lipinski definition) is 2. The molecule has 90 valence electrons. The van der Waals surface area contributed by atoms with Gasteiger partial charge in [-0.25, -0.2) is 8.42 Å². The van der Waals surface area contributed by atoms with Crippen molar-refractivity contribution < 1.29 is 8.42 Å². The molecule has 0 spiro atoms. The fourth-order valence-electron chi connectivity index (χ4n) is 4.19. The highest BCUT2D eigenvalue weighted by atomic mass is 79.9. The zero-order valence-corrected chi connectivity index (χ0v) is 11.6. The first-order chi connectivity index (χ1) is 8.12. The molecule has 1 aromatic carbocycles. The van der Waals surface area contributed by atoms with E-state index in [0.29, 0.717) is 33.4 Å². The molecule has 2 unspecified atom stereocenters. The lowest BCUT2D eigenvalue weighted by Crippen LogP contribution is -2.27. The first kappa shape index (κ1) is 10.6. The first-order valence-corrected chi connectivity index (χ1v) is 8.51. The van der Waals surface area contributed by atoms with Crippen LogP contribution in [0.2, 0.25) is 0 Å². The molecule has 0 aliphatic heterocycles. The van der Waals surface area contributed by atoms with Crippen LogP contribution in [0.4, 0.5) is 0 Å². The van der Waals surface area contributed by atoms with E-state index in [-0.39, 0.29) is 5.25 Å². The van der Waals surface area contributed by atoms with Crippen LogP contribution in [0.1, 0.15) is 6.42 Å². The van der Waals surface area contributed by atoms with Crippen LogP contribution in [-0.2, 0) is 9.84 Å². The second-order valence-corrected chi connectivity index (χ2v) is 8.65. The second-order valence-electron chi connectivity index (χ2n) is 5.49. The second kappa shape index (κ2) is 3.15. The highest BCUT2D eigenvalue weighted by molar-refractivity contribution is 9.09. The van der Waals surface area contributed by atoms with Crippen molar-refractivity contribution in [1.29, 1.82) is 0 Å². The van der Waals surface area contributed by atoms with Crippen LogP contribution in [0.25, 0.3) is 0 Å². The van der Waals surface area contributed by atoms with Crippen LogP contribution in [0.5, 0.6) is 0 Å². The summed E-state index contributed by atoms with van der Waals surface area (Å²) in [7, 11) is -3.12. The average molecular weight is 313 g/mol. The Hall–Kier alpha value is -0.350. The number of alkyl halides is 1. The smallest absolute Gasteiger partial charge is 0.181 e. The van der Waals surface area contributed by atoms with E-state index in [4.69, 9.17) is 0 Å². The van der Waals surface area contributed by atoms with Crippen molar-refractivity contribution in [3.05, 3.63) is 30.3 Å².